The summed E-state index contributed by atoms with van der Waals surface area (Å²) in [5, 5.41) is 9.57. The summed E-state index contributed by atoms with van der Waals surface area (Å²) in [4.78, 5) is 23.2. The number of likely N-dealkylation sites (tertiary alicyclic amines) is 1. The first-order chi connectivity index (χ1) is 11.7. The predicted octanol–water partition coefficient (Wildman–Crippen LogP) is 0.573. The number of nitrogens with zero attached hydrogens (tertiary/aromatic N) is 4. The minimum absolute atomic E-state index is 0.184. The number of carbonyl (C=O) groups excluding carboxylic acids is 1. The molecule has 6 nitrogen and oxygen atoms in total. The normalized spacial score (nSPS) is 21.6. The Morgan fingerprint density at radius 3 is 2.54 bits per heavy atom. The third kappa shape index (κ3) is 5.00. The van der Waals surface area contributed by atoms with E-state index in [0.29, 0.717) is 6.54 Å². The first-order valence-electron chi connectivity index (χ1n) is 9.00. The lowest BCUT2D eigenvalue weighted by Crippen LogP contribution is -2.45. The van der Waals surface area contributed by atoms with E-state index in [1.165, 1.54) is 5.56 Å². The molecule has 24 heavy (non-hydrogen) atoms. The molecule has 2 aliphatic heterocycles. The molecule has 1 aromatic rings. The second-order valence-corrected chi connectivity index (χ2v) is 6.87. The second-order valence-electron chi connectivity index (χ2n) is 6.87. The van der Waals surface area contributed by atoms with Gasteiger partial charge < -0.3 is 10.0 Å². The smallest absolute Gasteiger partial charge is 0.236 e. The molecule has 3 rings (SSSR count). The number of pyridine rings is 1. The largest absolute Gasteiger partial charge is 0.393 e. The Morgan fingerprint density at radius 2 is 1.79 bits per heavy atom. The number of rotatable bonds is 4. The van der Waals surface area contributed by atoms with E-state index in [4.69, 9.17) is 0 Å². The topological polar surface area (TPSA) is 59.9 Å². The Hall–Kier alpha value is -1.50. The van der Waals surface area contributed by atoms with Crippen molar-refractivity contribution in [1.82, 2.24) is 19.7 Å². The molecule has 0 atom stereocenters. The van der Waals surface area contributed by atoms with E-state index in [1.807, 2.05) is 17.3 Å². The molecule has 2 fully saturated rings. The van der Waals surface area contributed by atoms with E-state index in [0.717, 1.165) is 65.1 Å². The number of hydrogen-bond donors (Lipinski definition) is 1. The maximum Gasteiger partial charge on any atom is 0.236 e. The van der Waals surface area contributed by atoms with E-state index < -0.39 is 0 Å². The van der Waals surface area contributed by atoms with Crippen molar-refractivity contribution in [1.29, 1.82) is 0 Å². The van der Waals surface area contributed by atoms with Crippen LogP contribution >= 0.6 is 0 Å². The van der Waals surface area contributed by atoms with Crippen LogP contribution in [0.1, 0.15) is 24.8 Å². The molecule has 0 radical (unpaired) electrons. The number of carbonyl (C=O) groups is 1. The van der Waals surface area contributed by atoms with E-state index in [-0.39, 0.29) is 12.0 Å². The molecule has 0 aromatic carbocycles. The average molecular weight is 332 g/mol. The third-order valence-electron chi connectivity index (χ3n) is 5.01. The molecule has 6 heteroatoms. The molecule has 1 aromatic heterocycles. The molecule has 0 aliphatic carbocycles. The van der Waals surface area contributed by atoms with E-state index in [9.17, 15) is 9.90 Å². The molecule has 1 N–H and O–H groups in total. The van der Waals surface area contributed by atoms with Crippen molar-refractivity contribution < 1.29 is 9.90 Å². The summed E-state index contributed by atoms with van der Waals surface area (Å²) in [5.41, 5.74) is 1.27. The fourth-order valence-corrected chi connectivity index (χ4v) is 3.49. The van der Waals surface area contributed by atoms with Gasteiger partial charge in [0.25, 0.3) is 0 Å². The summed E-state index contributed by atoms with van der Waals surface area (Å²) in [6.45, 7) is 6.69. The monoisotopic (exact) mass is 332 g/mol. The van der Waals surface area contributed by atoms with Crippen molar-refractivity contribution in [3.8, 4) is 0 Å². The Bertz CT molecular complexity index is 517. The van der Waals surface area contributed by atoms with Gasteiger partial charge in [0.1, 0.15) is 0 Å². The second kappa shape index (κ2) is 8.55. The summed E-state index contributed by atoms with van der Waals surface area (Å²) in [6, 6.07) is 4.11. The fourth-order valence-electron chi connectivity index (χ4n) is 3.49. The molecule has 2 aliphatic rings. The van der Waals surface area contributed by atoms with Crippen LogP contribution < -0.4 is 0 Å². The molecule has 2 saturated heterocycles. The quantitative estimate of drug-likeness (QED) is 0.874. The Kier molecular flexibility index (Phi) is 6.18. The number of amides is 1. The van der Waals surface area contributed by atoms with Crippen LogP contribution in [0.25, 0.3) is 0 Å². The number of hydrogen-bond acceptors (Lipinski definition) is 5. The zero-order valence-corrected chi connectivity index (χ0v) is 14.3. The fraction of sp³-hybridized carbons (Fsp3) is 0.667. The lowest BCUT2D eigenvalue weighted by Gasteiger charge is -2.31. The summed E-state index contributed by atoms with van der Waals surface area (Å²) < 4.78 is 0. The van der Waals surface area contributed by atoms with Gasteiger partial charge in [-0.25, -0.2) is 0 Å². The molecular weight excluding hydrogens is 304 g/mol. The maximum atomic E-state index is 12.6. The number of aliphatic hydroxyl groups is 1. The van der Waals surface area contributed by atoms with E-state index in [1.54, 1.807) is 0 Å². The lowest BCUT2D eigenvalue weighted by atomic mass is 10.1. The molecule has 3 heterocycles. The van der Waals surface area contributed by atoms with Gasteiger partial charge in [-0.15, -0.1) is 0 Å². The zero-order valence-electron chi connectivity index (χ0n) is 14.3. The van der Waals surface area contributed by atoms with E-state index in [2.05, 4.69) is 26.9 Å². The van der Waals surface area contributed by atoms with Gasteiger partial charge >= 0.3 is 0 Å². The highest BCUT2D eigenvalue weighted by Gasteiger charge is 2.23. The summed E-state index contributed by atoms with van der Waals surface area (Å²) in [6.07, 6.45) is 6.07. The number of piperidine rings is 1. The maximum absolute atomic E-state index is 12.6. The highest BCUT2D eigenvalue weighted by atomic mass is 16.3. The highest BCUT2D eigenvalue weighted by molar-refractivity contribution is 5.78. The van der Waals surface area contributed by atoms with Crippen LogP contribution in [0.3, 0.4) is 0 Å². The first kappa shape index (κ1) is 17.3. The van der Waals surface area contributed by atoms with Gasteiger partial charge in [-0.1, -0.05) is 0 Å². The van der Waals surface area contributed by atoms with E-state index >= 15 is 0 Å². The van der Waals surface area contributed by atoms with Crippen molar-refractivity contribution in [2.75, 3.05) is 45.8 Å². The van der Waals surface area contributed by atoms with Crippen molar-refractivity contribution in [2.24, 2.45) is 0 Å². The zero-order chi connectivity index (χ0) is 16.8. The van der Waals surface area contributed by atoms with Crippen LogP contribution in [0.15, 0.2) is 24.5 Å². The summed E-state index contributed by atoms with van der Waals surface area (Å²) in [5.74, 6) is 0.233. The Morgan fingerprint density at radius 1 is 1.04 bits per heavy atom. The minimum atomic E-state index is -0.184. The van der Waals surface area contributed by atoms with Gasteiger partial charge in [0.15, 0.2) is 0 Å². The molecule has 0 unspecified atom stereocenters. The van der Waals surface area contributed by atoms with Gasteiger partial charge in [-0.05, 0) is 37.0 Å². The lowest BCUT2D eigenvalue weighted by molar-refractivity contribution is -0.132. The molecule has 0 saturated carbocycles. The van der Waals surface area contributed by atoms with Crippen LogP contribution in [0.2, 0.25) is 0 Å². The first-order valence-corrected chi connectivity index (χ1v) is 9.00. The van der Waals surface area contributed by atoms with Gasteiger partial charge in [0.05, 0.1) is 12.6 Å². The van der Waals surface area contributed by atoms with Crippen molar-refractivity contribution in [3.05, 3.63) is 30.1 Å². The molecular formula is C18H28N4O2. The van der Waals surface area contributed by atoms with Crippen LogP contribution in [0, 0.1) is 0 Å². The third-order valence-corrected chi connectivity index (χ3v) is 5.01. The summed E-state index contributed by atoms with van der Waals surface area (Å²) >= 11 is 0. The highest BCUT2D eigenvalue weighted by Crippen LogP contribution is 2.12. The molecule has 0 bridgehead atoms. The van der Waals surface area contributed by atoms with Crippen molar-refractivity contribution >= 4 is 5.91 Å². The number of aromatic nitrogens is 1. The predicted molar refractivity (Wildman–Crippen MR) is 92.4 cm³/mol. The van der Waals surface area contributed by atoms with Crippen LogP contribution in [0.4, 0.5) is 0 Å². The van der Waals surface area contributed by atoms with Gasteiger partial charge in [-0.3, -0.25) is 19.6 Å². The SMILES string of the molecule is O=C(CN1CCC(O)CC1)N1CCCN(Cc2ccncc2)CC1. The Balaban J connectivity index is 1.45. The molecule has 132 valence electrons. The van der Waals surface area contributed by atoms with Crippen molar-refractivity contribution in [2.45, 2.75) is 31.9 Å². The van der Waals surface area contributed by atoms with Crippen molar-refractivity contribution in [3.63, 3.8) is 0 Å². The average Bonchev–Trinajstić information content (AvgIpc) is 2.83. The van der Waals surface area contributed by atoms with Gasteiger partial charge in [-0.2, -0.15) is 0 Å². The minimum Gasteiger partial charge on any atom is -0.393 e. The summed E-state index contributed by atoms with van der Waals surface area (Å²) in [7, 11) is 0. The Labute approximate surface area is 144 Å². The van der Waals surface area contributed by atoms with Crippen LogP contribution in [-0.4, -0.2) is 82.6 Å². The van der Waals surface area contributed by atoms with Crippen LogP contribution in [-0.2, 0) is 11.3 Å². The molecule has 1 amide bonds. The van der Waals surface area contributed by atoms with Crippen LogP contribution in [0.5, 0.6) is 0 Å². The molecule has 0 spiro atoms. The van der Waals surface area contributed by atoms with Gasteiger partial charge in [0.2, 0.25) is 5.91 Å². The standard InChI is InChI=1S/C18H28N4O2/c23-17-4-10-21(11-5-17)15-18(24)22-9-1-8-20(12-13-22)14-16-2-6-19-7-3-16/h2-3,6-7,17,23H,1,4-5,8-15H2. The van der Waals surface area contributed by atoms with Gasteiger partial charge in [0, 0.05) is 58.2 Å². The number of aliphatic hydroxyl groups excluding tert-OH is 1.